The van der Waals surface area contributed by atoms with Gasteiger partial charge < -0.3 is 20.9 Å². The Morgan fingerprint density at radius 2 is 2.03 bits per heavy atom. The molecule has 0 aliphatic carbocycles. The molecular weight excluding hydrogens is 400 g/mol. The molecule has 2 heterocycles. The highest BCUT2D eigenvalue weighted by Gasteiger charge is 2.21. The number of unbranched alkanes of at least 4 members (excludes halogenated alkanes) is 1. The zero-order valence-electron chi connectivity index (χ0n) is 20.1. The normalized spacial score (nSPS) is 24.5. The second-order valence-corrected chi connectivity index (χ2v) is 9.37. The van der Waals surface area contributed by atoms with E-state index in [1.54, 1.807) is 0 Å². The Labute approximate surface area is 196 Å². The first-order chi connectivity index (χ1) is 15.0. The number of hydrogen-bond acceptors (Lipinski definition) is 3. The number of likely N-dealkylation sites (tertiary alicyclic amines) is 1. The summed E-state index contributed by atoms with van der Waals surface area (Å²) in [6.07, 6.45) is 15.9. The van der Waals surface area contributed by atoms with Gasteiger partial charge in [0.1, 0.15) is 0 Å². The summed E-state index contributed by atoms with van der Waals surface area (Å²) in [6.45, 7) is 18.5. The molecule has 2 aliphatic rings. The third-order valence-corrected chi connectivity index (χ3v) is 6.62. The molecule has 0 bridgehead atoms. The average Bonchev–Trinajstić information content (AvgIpc) is 2.97. The quantitative estimate of drug-likeness (QED) is 0.215. The van der Waals surface area contributed by atoms with Gasteiger partial charge in [0.2, 0.25) is 0 Å². The first-order valence-corrected chi connectivity index (χ1v) is 12.7. The lowest BCUT2D eigenvalue weighted by Gasteiger charge is -2.30. The number of nitrogens with one attached hydrogen (secondary N) is 3. The molecule has 31 heavy (non-hydrogen) atoms. The van der Waals surface area contributed by atoms with Gasteiger partial charge >= 0.3 is 0 Å². The Bertz CT molecular complexity index is 679. The molecule has 2 fully saturated rings. The third kappa shape index (κ3) is 8.46. The van der Waals surface area contributed by atoms with Crippen molar-refractivity contribution in [1.82, 2.24) is 20.9 Å². The smallest absolute Gasteiger partial charge is 0.174 e. The number of rotatable bonds is 11. The van der Waals surface area contributed by atoms with Crippen LogP contribution in [0.25, 0.3) is 0 Å². The Balaban J connectivity index is 1.93. The number of nitrogens with zero attached hydrogens (tertiary/aromatic N) is 1. The summed E-state index contributed by atoms with van der Waals surface area (Å²) in [5.74, 6) is 0.183. The van der Waals surface area contributed by atoms with E-state index in [0.717, 1.165) is 54.5 Å². The molecular formula is C26H44N4S. The van der Waals surface area contributed by atoms with E-state index >= 15 is 0 Å². The fourth-order valence-corrected chi connectivity index (χ4v) is 4.67. The summed E-state index contributed by atoms with van der Waals surface area (Å²) < 4.78 is 0. The van der Waals surface area contributed by atoms with E-state index in [1.165, 1.54) is 51.6 Å². The van der Waals surface area contributed by atoms with E-state index < -0.39 is 0 Å². The SMILES string of the molecule is C=C(NCCCN1CCCCCC1CCC)C(=C/CCC)/C=C1/NC(=S)NC(=C)C1C. The zero-order valence-corrected chi connectivity index (χ0v) is 20.9. The van der Waals surface area contributed by atoms with Crippen LogP contribution in [0.4, 0.5) is 0 Å². The summed E-state index contributed by atoms with van der Waals surface area (Å²) in [7, 11) is 0. The maximum absolute atomic E-state index is 5.32. The lowest BCUT2D eigenvalue weighted by Crippen LogP contribution is -2.43. The largest absolute Gasteiger partial charge is 0.385 e. The van der Waals surface area contributed by atoms with Gasteiger partial charge in [-0.3, -0.25) is 0 Å². The van der Waals surface area contributed by atoms with Crippen LogP contribution in [0.1, 0.15) is 78.6 Å². The minimum Gasteiger partial charge on any atom is -0.385 e. The maximum Gasteiger partial charge on any atom is 0.174 e. The molecule has 5 heteroatoms. The Kier molecular flexibility index (Phi) is 11.4. The summed E-state index contributed by atoms with van der Waals surface area (Å²) in [6, 6.07) is 0.782. The fraction of sp³-hybridized carbons (Fsp3) is 0.654. The predicted octanol–water partition coefficient (Wildman–Crippen LogP) is 5.76. The zero-order chi connectivity index (χ0) is 22.6. The molecule has 2 aliphatic heterocycles. The van der Waals surface area contributed by atoms with Crippen LogP contribution in [-0.2, 0) is 0 Å². The predicted molar refractivity (Wildman–Crippen MR) is 139 cm³/mol. The Hall–Kier alpha value is -1.59. The summed E-state index contributed by atoms with van der Waals surface area (Å²) in [4.78, 5) is 2.74. The van der Waals surface area contributed by atoms with Gasteiger partial charge in [-0.2, -0.15) is 0 Å². The van der Waals surface area contributed by atoms with Crippen LogP contribution in [-0.4, -0.2) is 35.7 Å². The Morgan fingerprint density at radius 3 is 2.77 bits per heavy atom. The summed E-state index contributed by atoms with van der Waals surface area (Å²) in [5, 5.41) is 10.6. The summed E-state index contributed by atoms with van der Waals surface area (Å²) in [5.41, 5.74) is 4.15. The lowest BCUT2D eigenvalue weighted by atomic mass is 9.99. The van der Waals surface area contributed by atoms with E-state index in [0.29, 0.717) is 5.11 Å². The van der Waals surface area contributed by atoms with Crippen LogP contribution < -0.4 is 16.0 Å². The lowest BCUT2D eigenvalue weighted by molar-refractivity contribution is 0.187. The summed E-state index contributed by atoms with van der Waals surface area (Å²) >= 11 is 5.32. The monoisotopic (exact) mass is 444 g/mol. The second kappa shape index (κ2) is 13.7. The molecule has 2 unspecified atom stereocenters. The van der Waals surface area contributed by atoms with E-state index in [2.05, 4.69) is 66.9 Å². The fourth-order valence-electron chi connectivity index (χ4n) is 4.42. The first kappa shape index (κ1) is 25.7. The Morgan fingerprint density at radius 1 is 1.23 bits per heavy atom. The molecule has 2 atom stereocenters. The average molecular weight is 445 g/mol. The van der Waals surface area contributed by atoms with Crippen LogP contribution in [0.3, 0.4) is 0 Å². The van der Waals surface area contributed by atoms with Crippen molar-refractivity contribution in [3.63, 3.8) is 0 Å². The first-order valence-electron chi connectivity index (χ1n) is 12.3. The molecule has 0 amide bonds. The molecule has 0 spiro atoms. The second-order valence-electron chi connectivity index (χ2n) is 8.96. The van der Waals surface area contributed by atoms with E-state index in [-0.39, 0.29) is 5.92 Å². The highest BCUT2D eigenvalue weighted by Crippen LogP contribution is 2.23. The minimum absolute atomic E-state index is 0.183. The van der Waals surface area contributed by atoms with Crippen molar-refractivity contribution in [3.05, 3.63) is 48.0 Å². The highest BCUT2D eigenvalue weighted by atomic mass is 32.1. The highest BCUT2D eigenvalue weighted by molar-refractivity contribution is 7.80. The minimum atomic E-state index is 0.183. The van der Waals surface area contributed by atoms with Crippen molar-refractivity contribution < 1.29 is 0 Å². The standard InChI is InChI=1S/C26H44N4S/c1-6-8-14-23(19-25-20(3)21(4)28-26(31)29-25)22(5)27-16-12-18-30-17-11-9-10-15-24(30)13-7-2/h14,19-20,24,27H,4-13,15-18H2,1-3H3,(H2,28,29,31)/b23-14+,25-19+. The van der Waals surface area contributed by atoms with Crippen molar-refractivity contribution in [2.75, 3.05) is 19.6 Å². The van der Waals surface area contributed by atoms with Crippen LogP contribution in [0.5, 0.6) is 0 Å². The van der Waals surface area contributed by atoms with Gasteiger partial charge in [0, 0.05) is 42.1 Å². The molecule has 0 aromatic heterocycles. The van der Waals surface area contributed by atoms with Crippen LogP contribution >= 0.6 is 12.2 Å². The van der Waals surface area contributed by atoms with Gasteiger partial charge in [-0.25, -0.2) is 0 Å². The molecule has 0 aromatic rings. The molecule has 0 aromatic carbocycles. The molecule has 3 N–H and O–H groups in total. The molecule has 2 rings (SSSR count). The van der Waals surface area contributed by atoms with E-state index in [9.17, 15) is 0 Å². The van der Waals surface area contributed by atoms with Gasteiger partial charge in [0.15, 0.2) is 5.11 Å². The van der Waals surface area contributed by atoms with Gasteiger partial charge in [0.05, 0.1) is 0 Å². The molecule has 174 valence electrons. The van der Waals surface area contributed by atoms with Gasteiger partial charge in [0.25, 0.3) is 0 Å². The maximum atomic E-state index is 5.32. The molecule has 0 radical (unpaired) electrons. The van der Waals surface area contributed by atoms with Crippen LogP contribution in [0, 0.1) is 5.92 Å². The van der Waals surface area contributed by atoms with Crippen LogP contribution in [0.2, 0.25) is 0 Å². The molecule has 4 nitrogen and oxygen atoms in total. The number of allylic oxidation sites excluding steroid dienone is 2. The van der Waals surface area contributed by atoms with E-state index in [4.69, 9.17) is 12.2 Å². The van der Waals surface area contributed by atoms with Gasteiger partial charge in [-0.1, -0.05) is 65.7 Å². The van der Waals surface area contributed by atoms with E-state index in [1.807, 2.05) is 0 Å². The van der Waals surface area contributed by atoms with Crippen molar-refractivity contribution in [2.45, 2.75) is 84.6 Å². The van der Waals surface area contributed by atoms with Crippen LogP contribution in [0.15, 0.2) is 48.0 Å². The van der Waals surface area contributed by atoms with Gasteiger partial charge in [-0.05, 0) is 62.5 Å². The van der Waals surface area contributed by atoms with Crippen molar-refractivity contribution in [1.29, 1.82) is 0 Å². The molecule has 2 saturated heterocycles. The van der Waals surface area contributed by atoms with Crippen molar-refractivity contribution in [3.8, 4) is 0 Å². The number of thiocarbonyl (C=S) groups is 1. The molecule has 0 saturated carbocycles. The van der Waals surface area contributed by atoms with Crippen molar-refractivity contribution >= 4 is 17.3 Å². The number of hydrogen-bond donors (Lipinski definition) is 3. The topological polar surface area (TPSA) is 39.3 Å². The van der Waals surface area contributed by atoms with Crippen molar-refractivity contribution in [2.24, 2.45) is 5.92 Å². The third-order valence-electron chi connectivity index (χ3n) is 6.42. The van der Waals surface area contributed by atoms with Gasteiger partial charge in [-0.15, -0.1) is 0 Å².